The second-order valence-corrected chi connectivity index (χ2v) is 6.23. The Kier molecular flexibility index (Phi) is 6.98. The quantitative estimate of drug-likeness (QED) is 0.546. The van der Waals surface area contributed by atoms with Crippen molar-refractivity contribution in [2.45, 2.75) is 6.54 Å². The van der Waals surface area contributed by atoms with E-state index in [9.17, 15) is 14.9 Å². The zero-order valence-electron chi connectivity index (χ0n) is 15.2. The number of anilines is 1. The summed E-state index contributed by atoms with van der Waals surface area (Å²) < 4.78 is 10.6. The van der Waals surface area contributed by atoms with Gasteiger partial charge >= 0.3 is 0 Å². The van der Waals surface area contributed by atoms with Crippen LogP contribution in [0.2, 0.25) is 5.02 Å². The maximum absolute atomic E-state index is 12.3. The number of ether oxygens (including phenoxy) is 2. The Hall–Kier alpha value is -2.84. The largest absolute Gasteiger partial charge is 0.493 e. The average molecular weight is 394 g/mol. The summed E-state index contributed by atoms with van der Waals surface area (Å²) in [5.41, 5.74) is 0.690. The number of para-hydroxylation sites is 1. The molecule has 2 aromatic rings. The topological polar surface area (TPSA) is 93.9 Å². The second kappa shape index (κ2) is 9.20. The number of likely N-dealkylation sites (N-methyl/N-ethyl adjacent to an activating group) is 1. The SMILES string of the molecule is COc1cccc(CN(C)CC(=O)Nc2cc(Cl)ccc2[N+](=O)[O-])c1OC. The van der Waals surface area contributed by atoms with Gasteiger partial charge in [0.2, 0.25) is 5.91 Å². The highest BCUT2D eigenvalue weighted by Gasteiger charge is 2.18. The van der Waals surface area contributed by atoms with Gasteiger partial charge in [0.1, 0.15) is 5.69 Å². The normalized spacial score (nSPS) is 10.6. The summed E-state index contributed by atoms with van der Waals surface area (Å²) in [6.45, 7) is 0.440. The Morgan fingerprint density at radius 1 is 1.26 bits per heavy atom. The van der Waals surface area contributed by atoms with Crippen molar-refractivity contribution in [3.63, 3.8) is 0 Å². The Balaban J connectivity index is 2.07. The summed E-state index contributed by atoms with van der Waals surface area (Å²) >= 11 is 5.87. The minimum Gasteiger partial charge on any atom is -0.493 e. The van der Waals surface area contributed by atoms with E-state index in [1.54, 1.807) is 32.2 Å². The number of amides is 1. The number of nitrogens with one attached hydrogen (secondary N) is 1. The molecule has 27 heavy (non-hydrogen) atoms. The first kappa shape index (κ1) is 20.5. The highest BCUT2D eigenvalue weighted by Crippen LogP contribution is 2.31. The fourth-order valence-corrected chi connectivity index (χ4v) is 2.80. The molecule has 144 valence electrons. The number of nitro benzene ring substituents is 1. The Morgan fingerprint density at radius 2 is 2.00 bits per heavy atom. The Morgan fingerprint density at radius 3 is 2.63 bits per heavy atom. The molecule has 0 aliphatic heterocycles. The number of nitro groups is 1. The zero-order chi connectivity index (χ0) is 20.0. The summed E-state index contributed by atoms with van der Waals surface area (Å²) in [6.07, 6.45) is 0. The van der Waals surface area contributed by atoms with E-state index in [0.717, 1.165) is 5.56 Å². The van der Waals surface area contributed by atoms with Gasteiger partial charge in [-0.25, -0.2) is 0 Å². The predicted octanol–water partition coefficient (Wildman–Crippen LogP) is 3.34. The molecule has 0 spiro atoms. The van der Waals surface area contributed by atoms with E-state index in [4.69, 9.17) is 21.1 Å². The molecule has 2 aromatic carbocycles. The van der Waals surface area contributed by atoms with Crippen molar-refractivity contribution in [1.29, 1.82) is 0 Å². The number of benzene rings is 2. The van der Waals surface area contributed by atoms with Crippen LogP contribution in [0.4, 0.5) is 11.4 Å². The lowest BCUT2D eigenvalue weighted by molar-refractivity contribution is -0.383. The van der Waals surface area contributed by atoms with Gasteiger partial charge in [-0.1, -0.05) is 23.7 Å². The minimum atomic E-state index is -0.573. The van der Waals surface area contributed by atoms with Crippen molar-refractivity contribution < 1.29 is 19.2 Å². The van der Waals surface area contributed by atoms with Gasteiger partial charge in [0.05, 0.1) is 25.7 Å². The lowest BCUT2D eigenvalue weighted by atomic mass is 10.1. The van der Waals surface area contributed by atoms with Crippen LogP contribution in [0.1, 0.15) is 5.56 Å². The molecule has 2 rings (SSSR count). The molecule has 0 unspecified atom stereocenters. The Labute approximate surface area is 161 Å². The van der Waals surface area contributed by atoms with Crippen LogP contribution < -0.4 is 14.8 Å². The lowest BCUT2D eigenvalue weighted by Gasteiger charge is -2.19. The van der Waals surface area contributed by atoms with Crippen molar-refractivity contribution in [1.82, 2.24) is 4.90 Å². The molecule has 0 aromatic heterocycles. The van der Waals surface area contributed by atoms with Crippen LogP contribution in [-0.2, 0) is 11.3 Å². The van der Waals surface area contributed by atoms with E-state index in [2.05, 4.69) is 5.32 Å². The van der Waals surface area contributed by atoms with Gasteiger partial charge in [0.15, 0.2) is 11.5 Å². The van der Waals surface area contributed by atoms with Crippen molar-refractivity contribution in [3.8, 4) is 11.5 Å². The summed E-state index contributed by atoms with van der Waals surface area (Å²) in [4.78, 5) is 24.6. The highest BCUT2D eigenvalue weighted by atomic mass is 35.5. The first-order chi connectivity index (χ1) is 12.8. The first-order valence-corrected chi connectivity index (χ1v) is 8.35. The van der Waals surface area contributed by atoms with E-state index in [1.165, 1.54) is 18.2 Å². The van der Waals surface area contributed by atoms with Crippen LogP contribution in [0, 0.1) is 10.1 Å². The van der Waals surface area contributed by atoms with E-state index < -0.39 is 10.8 Å². The third-order valence-corrected chi connectivity index (χ3v) is 4.00. The van der Waals surface area contributed by atoms with Gasteiger partial charge in [0.25, 0.3) is 5.69 Å². The average Bonchev–Trinajstić information content (AvgIpc) is 2.60. The van der Waals surface area contributed by atoms with Crippen molar-refractivity contribution in [2.75, 3.05) is 33.1 Å². The molecule has 1 N–H and O–H groups in total. The van der Waals surface area contributed by atoms with Crippen LogP contribution in [0.15, 0.2) is 36.4 Å². The summed E-state index contributed by atoms with van der Waals surface area (Å²) in [7, 11) is 4.86. The molecule has 0 saturated heterocycles. The van der Waals surface area contributed by atoms with Gasteiger partial charge in [-0.15, -0.1) is 0 Å². The number of methoxy groups -OCH3 is 2. The van der Waals surface area contributed by atoms with Crippen LogP contribution in [0.25, 0.3) is 0 Å². The van der Waals surface area contributed by atoms with E-state index in [1.807, 2.05) is 12.1 Å². The predicted molar refractivity (Wildman–Crippen MR) is 103 cm³/mol. The number of hydrogen-bond acceptors (Lipinski definition) is 6. The molecule has 0 atom stereocenters. The maximum atomic E-state index is 12.3. The smallest absolute Gasteiger partial charge is 0.292 e. The summed E-state index contributed by atoms with van der Waals surface area (Å²) in [6, 6.07) is 9.49. The third-order valence-electron chi connectivity index (χ3n) is 3.77. The van der Waals surface area contributed by atoms with Gasteiger partial charge in [0, 0.05) is 23.2 Å². The van der Waals surface area contributed by atoms with Crippen LogP contribution >= 0.6 is 11.6 Å². The Bertz CT molecular complexity index is 844. The molecule has 0 aliphatic rings. The van der Waals surface area contributed by atoms with Crippen LogP contribution in [0.3, 0.4) is 0 Å². The molecule has 0 bridgehead atoms. The number of hydrogen-bond donors (Lipinski definition) is 1. The standard InChI is InChI=1S/C18H20ClN3O5/c1-21(10-12-5-4-6-16(26-2)18(12)27-3)11-17(23)20-14-9-13(19)7-8-15(14)22(24)25/h4-9H,10-11H2,1-3H3,(H,20,23). The molecule has 0 aliphatic carbocycles. The molecule has 0 fully saturated rings. The number of carbonyl (C=O) groups is 1. The fourth-order valence-electron chi connectivity index (χ4n) is 2.63. The first-order valence-electron chi connectivity index (χ1n) is 7.98. The molecule has 0 saturated carbocycles. The summed E-state index contributed by atoms with van der Waals surface area (Å²) in [5.74, 6) is 0.796. The molecule has 0 radical (unpaired) electrons. The van der Waals surface area contributed by atoms with Crippen LogP contribution in [-0.4, -0.2) is 43.5 Å². The van der Waals surface area contributed by atoms with Gasteiger partial charge in [-0.3, -0.25) is 19.8 Å². The third kappa shape index (κ3) is 5.32. The van der Waals surface area contributed by atoms with Gasteiger partial charge < -0.3 is 14.8 Å². The minimum absolute atomic E-state index is 0.0179. The van der Waals surface area contributed by atoms with Gasteiger partial charge in [-0.2, -0.15) is 0 Å². The molecule has 8 nitrogen and oxygen atoms in total. The molecule has 1 amide bonds. The van der Waals surface area contributed by atoms with E-state index in [-0.39, 0.29) is 17.9 Å². The molecular weight excluding hydrogens is 374 g/mol. The maximum Gasteiger partial charge on any atom is 0.292 e. The molecule has 0 heterocycles. The monoisotopic (exact) mass is 393 g/mol. The zero-order valence-corrected chi connectivity index (χ0v) is 15.9. The lowest BCUT2D eigenvalue weighted by Crippen LogP contribution is -2.30. The fraction of sp³-hybridized carbons (Fsp3) is 0.278. The second-order valence-electron chi connectivity index (χ2n) is 5.79. The highest BCUT2D eigenvalue weighted by molar-refractivity contribution is 6.31. The number of rotatable bonds is 8. The van der Waals surface area contributed by atoms with E-state index in [0.29, 0.717) is 23.1 Å². The van der Waals surface area contributed by atoms with Crippen molar-refractivity contribution in [2.24, 2.45) is 0 Å². The molecule has 9 heteroatoms. The number of carbonyl (C=O) groups excluding carboxylic acids is 1. The molecular formula is C18H20ClN3O5. The number of halogens is 1. The van der Waals surface area contributed by atoms with Crippen molar-refractivity contribution in [3.05, 3.63) is 57.1 Å². The van der Waals surface area contributed by atoms with Gasteiger partial charge in [-0.05, 0) is 25.2 Å². The summed E-state index contributed by atoms with van der Waals surface area (Å²) in [5, 5.41) is 13.9. The number of nitrogens with zero attached hydrogens (tertiary/aromatic N) is 2. The van der Waals surface area contributed by atoms with E-state index >= 15 is 0 Å². The van der Waals surface area contributed by atoms with Crippen molar-refractivity contribution >= 4 is 28.9 Å². The van der Waals surface area contributed by atoms with Crippen LogP contribution in [0.5, 0.6) is 11.5 Å².